The number of ether oxygens (including phenoxy) is 2. The number of benzene rings is 2. The normalized spacial score (nSPS) is 12.5. The van der Waals surface area contributed by atoms with Gasteiger partial charge in [-0.1, -0.05) is 23.7 Å². The molecule has 0 unspecified atom stereocenters. The number of aryl methyl sites for hydroxylation is 1. The monoisotopic (exact) mass is 393 g/mol. The van der Waals surface area contributed by atoms with Crippen molar-refractivity contribution in [1.29, 1.82) is 0 Å². The summed E-state index contributed by atoms with van der Waals surface area (Å²) in [5, 5.41) is 9.36. The van der Waals surface area contributed by atoms with E-state index in [9.17, 15) is 0 Å². The molecule has 4 aromatic rings. The van der Waals surface area contributed by atoms with Gasteiger partial charge in [0.2, 0.25) is 6.79 Å². The summed E-state index contributed by atoms with van der Waals surface area (Å²) in [6.45, 7) is 2.87. The zero-order valence-electron chi connectivity index (χ0n) is 15.0. The molecule has 0 spiro atoms. The van der Waals surface area contributed by atoms with Gasteiger partial charge in [-0.2, -0.15) is 5.10 Å². The zero-order valence-corrected chi connectivity index (χ0v) is 15.8. The standard InChI is InChI=1S/C20H16ClN5O2/c1-12-2-4-14(21)7-16(12)26-20-15(9-25-26)19(23-10-24-20)22-8-13-3-5-17-18(6-13)28-11-27-17/h2-7,9-10H,8,11H2,1H3,(H,22,23,24). The predicted molar refractivity (Wildman–Crippen MR) is 106 cm³/mol. The van der Waals surface area contributed by atoms with Crippen molar-refractivity contribution in [2.24, 2.45) is 0 Å². The van der Waals surface area contributed by atoms with Gasteiger partial charge in [0.05, 0.1) is 17.3 Å². The predicted octanol–water partition coefficient (Wildman–Crippen LogP) is 4.12. The van der Waals surface area contributed by atoms with Crippen molar-refractivity contribution in [2.75, 3.05) is 12.1 Å². The quantitative estimate of drug-likeness (QED) is 0.562. The number of rotatable bonds is 4. The molecule has 2 aromatic heterocycles. The van der Waals surface area contributed by atoms with E-state index in [1.165, 1.54) is 6.33 Å². The highest BCUT2D eigenvalue weighted by Gasteiger charge is 2.15. The van der Waals surface area contributed by atoms with Gasteiger partial charge in [0.1, 0.15) is 12.1 Å². The molecule has 8 heteroatoms. The lowest BCUT2D eigenvalue weighted by Crippen LogP contribution is -2.04. The largest absolute Gasteiger partial charge is 0.454 e. The van der Waals surface area contributed by atoms with E-state index in [0.29, 0.717) is 23.0 Å². The number of anilines is 1. The van der Waals surface area contributed by atoms with E-state index < -0.39 is 0 Å². The Kier molecular flexibility index (Phi) is 4.02. The minimum absolute atomic E-state index is 0.265. The van der Waals surface area contributed by atoms with Crippen molar-refractivity contribution in [1.82, 2.24) is 19.7 Å². The third kappa shape index (κ3) is 2.90. The number of aromatic nitrogens is 4. The van der Waals surface area contributed by atoms with E-state index in [-0.39, 0.29) is 6.79 Å². The van der Waals surface area contributed by atoms with Crippen LogP contribution in [0, 0.1) is 6.92 Å². The Balaban J connectivity index is 1.46. The maximum atomic E-state index is 6.17. The number of hydrogen-bond donors (Lipinski definition) is 1. The smallest absolute Gasteiger partial charge is 0.231 e. The van der Waals surface area contributed by atoms with E-state index in [1.54, 1.807) is 10.9 Å². The number of nitrogens with zero attached hydrogens (tertiary/aromatic N) is 4. The number of halogens is 1. The minimum Gasteiger partial charge on any atom is -0.454 e. The molecule has 1 aliphatic heterocycles. The molecule has 0 aliphatic carbocycles. The van der Waals surface area contributed by atoms with Gasteiger partial charge >= 0.3 is 0 Å². The summed E-state index contributed by atoms with van der Waals surface area (Å²) in [5.41, 5.74) is 3.73. The van der Waals surface area contributed by atoms with Crippen LogP contribution in [-0.2, 0) is 6.54 Å². The van der Waals surface area contributed by atoms with Crippen LogP contribution in [0.1, 0.15) is 11.1 Å². The molecule has 0 atom stereocenters. The molecule has 1 N–H and O–H groups in total. The fourth-order valence-corrected chi connectivity index (χ4v) is 3.38. The summed E-state index contributed by atoms with van der Waals surface area (Å²) in [4.78, 5) is 8.80. The minimum atomic E-state index is 0.265. The molecule has 5 rings (SSSR count). The third-order valence-electron chi connectivity index (χ3n) is 4.66. The highest BCUT2D eigenvalue weighted by atomic mass is 35.5. The van der Waals surface area contributed by atoms with Crippen LogP contribution in [0.3, 0.4) is 0 Å². The molecule has 0 bridgehead atoms. The van der Waals surface area contributed by atoms with Crippen LogP contribution < -0.4 is 14.8 Å². The maximum absolute atomic E-state index is 6.17. The van der Waals surface area contributed by atoms with Gasteiger partial charge in [0.15, 0.2) is 17.1 Å². The van der Waals surface area contributed by atoms with Gasteiger partial charge in [-0.3, -0.25) is 0 Å². The first-order valence-corrected chi connectivity index (χ1v) is 9.14. The van der Waals surface area contributed by atoms with Crippen LogP contribution in [0.25, 0.3) is 16.7 Å². The lowest BCUT2D eigenvalue weighted by molar-refractivity contribution is 0.174. The summed E-state index contributed by atoms with van der Waals surface area (Å²) < 4.78 is 12.6. The van der Waals surface area contributed by atoms with Crippen LogP contribution in [0.5, 0.6) is 11.5 Å². The Bertz CT molecular complexity index is 1190. The van der Waals surface area contributed by atoms with E-state index in [0.717, 1.165) is 33.7 Å². The second kappa shape index (κ2) is 6.69. The average Bonchev–Trinajstić information content (AvgIpc) is 3.34. The number of nitrogens with one attached hydrogen (secondary N) is 1. The molecule has 0 saturated heterocycles. The van der Waals surface area contributed by atoms with Crippen molar-refractivity contribution in [3.05, 3.63) is 65.1 Å². The zero-order chi connectivity index (χ0) is 19.1. The molecule has 140 valence electrons. The first-order valence-electron chi connectivity index (χ1n) is 8.77. The van der Waals surface area contributed by atoms with Gasteiger partial charge in [0.25, 0.3) is 0 Å². The Hall–Kier alpha value is -3.32. The van der Waals surface area contributed by atoms with Crippen LogP contribution in [-0.4, -0.2) is 26.5 Å². The van der Waals surface area contributed by atoms with Crippen molar-refractivity contribution >= 4 is 28.5 Å². The van der Waals surface area contributed by atoms with Gasteiger partial charge < -0.3 is 14.8 Å². The van der Waals surface area contributed by atoms with E-state index in [4.69, 9.17) is 21.1 Å². The van der Waals surface area contributed by atoms with Gasteiger partial charge in [-0.05, 0) is 42.3 Å². The van der Waals surface area contributed by atoms with Crippen LogP contribution >= 0.6 is 11.6 Å². The molecule has 28 heavy (non-hydrogen) atoms. The molecular weight excluding hydrogens is 378 g/mol. The Morgan fingerprint density at radius 1 is 1.11 bits per heavy atom. The summed E-state index contributed by atoms with van der Waals surface area (Å²) in [5.74, 6) is 2.25. The lowest BCUT2D eigenvalue weighted by atomic mass is 10.2. The highest BCUT2D eigenvalue weighted by Crippen LogP contribution is 2.33. The Morgan fingerprint density at radius 2 is 2.00 bits per heavy atom. The average molecular weight is 394 g/mol. The fourth-order valence-electron chi connectivity index (χ4n) is 3.21. The van der Waals surface area contributed by atoms with Gasteiger partial charge in [-0.15, -0.1) is 0 Å². The summed E-state index contributed by atoms with van der Waals surface area (Å²) >= 11 is 6.17. The topological polar surface area (TPSA) is 74.1 Å². The highest BCUT2D eigenvalue weighted by molar-refractivity contribution is 6.30. The summed E-state index contributed by atoms with van der Waals surface area (Å²) in [6.07, 6.45) is 3.29. The Labute approximate surface area is 165 Å². The van der Waals surface area contributed by atoms with Crippen LogP contribution in [0.4, 0.5) is 5.82 Å². The van der Waals surface area contributed by atoms with Gasteiger partial charge in [0, 0.05) is 11.6 Å². The second-order valence-corrected chi connectivity index (χ2v) is 6.92. The lowest BCUT2D eigenvalue weighted by Gasteiger charge is -2.09. The Morgan fingerprint density at radius 3 is 2.93 bits per heavy atom. The van der Waals surface area contributed by atoms with Crippen LogP contribution in [0.2, 0.25) is 5.02 Å². The SMILES string of the molecule is Cc1ccc(Cl)cc1-n1ncc2c(NCc3ccc4c(c3)OCO4)ncnc21. The molecule has 1 aliphatic rings. The molecule has 0 amide bonds. The first-order chi connectivity index (χ1) is 13.7. The van der Waals surface area contributed by atoms with E-state index in [2.05, 4.69) is 20.4 Å². The third-order valence-corrected chi connectivity index (χ3v) is 4.90. The molecule has 3 heterocycles. The van der Waals surface area contributed by atoms with Crippen molar-refractivity contribution in [3.8, 4) is 17.2 Å². The van der Waals surface area contributed by atoms with Crippen molar-refractivity contribution in [3.63, 3.8) is 0 Å². The molecule has 7 nitrogen and oxygen atoms in total. The van der Waals surface area contributed by atoms with Crippen molar-refractivity contribution in [2.45, 2.75) is 13.5 Å². The van der Waals surface area contributed by atoms with Gasteiger partial charge in [-0.25, -0.2) is 14.6 Å². The van der Waals surface area contributed by atoms with E-state index in [1.807, 2.05) is 43.3 Å². The molecule has 0 saturated carbocycles. The number of fused-ring (bicyclic) bond motifs is 2. The molecular formula is C20H16ClN5O2. The van der Waals surface area contributed by atoms with Crippen molar-refractivity contribution < 1.29 is 9.47 Å². The first kappa shape index (κ1) is 16.8. The summed E-state index contributed by atoms with van der Waals surface area (Å²) in [6, 6.07) is 11.6. The van der Waals surface area contributed by atoms with E-state index >= 15 is 0 Å². The molecule has 2 aromatic carbocycles. The summed E-state index contributed by atoms with van der Waals surface area (Å²) in [7, 11) is 0. The second-order valence-electron chi connectivity index (χ2n) is 6.49. The number of hydrogen-bond acceptors (Lipinski definition) is 6. The molecule has 0 fully saturated rings. The molecule has 0 radical (unpaired) electrons. The fraction of sp³-hybridized carbons (Fsp3) is 0.150. The van der Waals surface area contributed by atoms with Crippen LogP contribution in [0.15, 0.2) is 48.9 Å². The maximum Gasteiger partial charge on any atom is 0.231 e.